The second kappa shape index (κ2) is 6.39. The van der Waals surface area contributed by atoms with E-state index in [0.29, 0.717) is 17.4 Å². The summed E-state index contributed by atoms with van der Waals surface area (Å²) in [5, 5.41) is 0.655. The number of aliphatic imine (C=N–C) groups is 1. The quantitative estimate of drug-likeness (QED) is 0.739. The predicted octanol–water partition coefficient (Wildman–Crippen LogP) is 1.61. The van der Waals surface area contributed by atoms with Crippen molar-refractivity contribution in [2.75, 3.05) is 27.2 Å². The third-order valence-corrected chi connectivity index (χ3v) is 5.57. The van der Waals surface area contributed by atoms with Crippen LogP contribution in [0.2, 0.25) is 5.02 Å². The van der Waals surface area contributed by atoms with Crippen LogP contribution in [0.1, 0.15) is 18.4 Å². The summed E-state index contributed by atoms with van der Waals surface area (Å²) in [6.07, 6.45) is 2.20. The lowest BCUT2D eigenvalue weighted by Gasteiger charge is -2.33. The van der Waals surface area contributed by atoms with Crippen molar-refractivity contribution in [1.29, 1.82) is 0 Å². The van der Waals surface area contributed by atoms with E-state index < -0.39 is 6.04 Å². The van der Waals surface area contributed by atoms with E-state index in [9.17, 15) is 9.59 Å². The molecule has 2 fully saturated rings. The number of imide groups is 1. The molecule has 1 atom stereocenters. The molecule has 0 N–H and O–H groups in total. The van der Waals surface area contributed by atoms with Crippen LogP contribution in [0.5, 0.6) is 0 Å². The number of guanidine groups is 1. The maximum atomic E-state index is 12.9. The lowest BCUT2D eigenvalue weighted by atomic mass is 10.1. The first-order valence-corrected chi connectivity index (χ1v) is 9.12. The maximum absolute atomic E-state index is 12.9. The number of amides is 3. The number of carbonyl (C=O) groups excluding carboxylic acids is 2. The minimum Gasteiger partial charge on any atom is -0.270 e. The normalized spacial score (nSPS) is 23.1. The number of halogens is 1. The van der Waals surface area contributed by atoms with E-state index in [0.717, 1.165) is 42.4 Å². The Morgan fingerprint density at radius 2 is 1.85 bits per heavy atom. The standard InChI is InChI=1S/C18H21ClN5O2/c1-21-15-14(16(25)22(2)18(21)26)24(11-12-7-3-4-8-13(12)19)17(20-15)23-9-5-6-10-23/h3-4,7-8,14H,5-6,9-11H2,1-2H3/q+1. The lowest BCUT2D eigenvalue weighted by Crippen LogP contribution is -2.62. The van der Waals surface area contributed by atoms with Crippen LogP contribution in [-0.2, 0) is 11.3 Å². The Morgan fingerprint density at radius 1 is 1.15 bits per heavy atom. The number of urea groups is 1. The van der Waals surface area contributed by atoms with E-state index in [-0.39, 0.29) is 11.9 Å². The highest BCUT2D eigenvalue weighted by atomic mass is 35.5. The van der Waals surface area contributed by atoms with Gasteiger partial charge in [0.05, 0.1) is 19.6 Å². The molecule has 2 saturated heterocycles. The van der Waals surface area contributed by atoms with Crippen LogP contribution in [-0.4, -0.2) is 76.2 Å². The number of hydrogen-bond donors (Lipinski definition) is 0. The smallest absolute Gasteiger partial charge is 0.270 e. The minimum absolute atomic E-state index is 0.256. The molecule has 7 nitrogen and oxygen atoms in total. The average Bonchev–Trinajstić information content (AvgIpc) is 3.28. The molecule has 0 aromatic heterocycles. The maximum Gasteiger partial charge on any atom is 0.392 e. The largest absolute Gasteiger partial charge is 0.392 e. The topological polar surface area (TPSA) is 59.2 Å². The van der Waals surface area contributed by atoms with Crippen LogP contribution in [0.25, 0.3) is 0 Å². The third kappa shape index (κ3) is 2.58. The fraction of sp³-hybridized carbons (Fsp3) is 0.444. The van der Waals surface area contributed by atoms with Gasteiger partial charge in [0.2, 0.25) is 11.9 Å². The van der Waals surface area contributed by atoms with Crippen molar-refractivity contribution >= 4 is 35.3 Å². The van der Waals surface area contributed by atoms with Crippen molar-refractivity contribution in [3.8, 4) is 0 Å². The highest BCUT2D eigenvalue weighted by molar-refractivity contribution is 6.31. The molecule has 136 valence electrons. The summed E-state index contributed by atoms with van der Waals surface area (Å²) in [5.41, 5.74) is 0.928. The molecule has 3 aliphatic rings. The number of fused-ring (bicyclic) bond motifs is 1. The Balaban J connectivity index is 1.79. The molecule has 3 aliphatic heterocycles. The predicted molar refractivity (Wildman–Crippen MR) is 98.4 cm³/mol. The minimum atomic E-state index is -0.602. The van der Waals surface area contributed by atoms with Gasteiger partial charge in [0.15, 0.2) is 0 Å². The number of rotatable bonds is 2. The van der Waals surface area contributed by atoms with E-state index in [4.69, 9.17) is 16.6 Å². The molecular formula is C18H21ClN5O2+. The van der Waals surface area contributed by atoms with Crippen LogP contribution in [0, 0.1) is 0 Å². The first kappa shape index (κ1) is 17.0. The molecule has 0 bridgehead atoms. The van der Waals surface area contributed by atoms with E-state index in [1.165, 1.54) is 11.9 Å². The summed E-state index contributed by atoms with van der Waals surface area (Å²) < 4.78 is 2.19. The first-order valence-electron chi connectivity index (χ1n) is 8.75. The number of amidine groups is 1. The zero-order valence-corrected chi connectivity index (χ0v) is 15.6. The van der Waals surface area contributed by atoms with Gasteiger partial charge in [-0.1, -0.05) is 34.8 Å². The first-order chi connectivity index (χ1) is 12.5. The zero-order chi connectivity index (χ0) is 18.4. The van der Waals surface area contributed by atoms with Gasteiger partial charge in [-0.2, -0.15) is 0 Å². The highest BCUT2D eigenvalue weighted by Gasteiger charge is 2.55. The fourth-order valence-electron chi connectivity index (χ4n) is 3.73. The monoisotopic (exact) mass is 374 g/mol. The molecule has 4 rings (SSSR count). The van der Waals surface area contributed by atoms with Gasteiger partial charge >= 0.3 is 12.0 Å². The summed E-state index contributed by atoms with van der Waals surface area (Å²) in [6.45, 7) is 2.27. The fourth-order valence-corrected chi connectivity index (χ4v) is 3.92. The van der Waals surface area contributed by atoms with Crippen LogP contribution in [0.4, 0.5) is 4.79 Å². The molecule has 0 spiro atoms. The summed E-state index contributed by atoms with van der Waals surface area (Å²) in [6, 6.07) is 6.65. The van der Waals surface area contributed by atoms with Crippen LogP contribution in [0.15, 0.2) is 29.3 Å². The third-order valence-electron chi connectivity index (χ3n) is 5.20. The van der Waals surface area contributed by atoms with E-state index in [1.807, 2.05) is 29.2 Å². The van der Waals surface area contributed by atoms with Crippen molar-refractivity contribution in [2.24, 2.45) is 4.99 Å². The molecule has 1 aromatic carbocycles. The zero-order valence-electron chi connectivity index (χ0n) is 14.9. The molecule has 3 heterocycles. The number of nitrogens with zero attached hydrogens (tertiary/aromatic N) is 5. The Labute approximate surface area is 157 Å². The Hall–Kier alpha value is -2.41. The van der Waals surface area contributed by atoms with Crippen LogP contribution < -0.4 is 0 Å². The number of carbonyl (C=O) groups is 2. The van der Waals surface area contributed by atoms with Gasteiger partial charge < -0.3 is 0 Å². The molecular weight excluding hydrogens is 354 g/mol. The summed E-state index contributed by atoms with van der Waals surface area (Å²) in [5.74, 6) is 0.992. The molecule has 1 unspecified atom stereocenters. The Bertz CT molecular complexity index is 842. The van der Waals surface area contributed by atoms with Crippen LogP contribution >= 0.6 is 11.6 Å². The number of benzene rings is 1. The van der Waals surface area contributed by atoms with Crippen LogP contribution in [0.3, 0.4) is 0 Å². The molecule has 3 amide bonds. The van der Waals surface area contributed by atoms with Gasteiger partial charge in [-0.15, -0.1) is 0 Å². The second-order valence-electron chi connectivity index (χ2n) is 6.82. The van der Waals surface area contributed by atoms with Crippen molar-refractivity contribution in [1.82, 2.24) is 14.7 Å². The second-order valence-corrected chi connectivity index (χ2v) is 7.23. The molecule has 1 aromatic rings. The Kier molecular flexibility index (Phi) is 4.19. The number of likely N-dealkylation sites (N-methyl/N-ethyl adjacent to an activating group) is 2. The van der Waals surface area contributed by atoms with Gasteiger partial charge in [0.25, 0.3) is 5.91 Å². The highest BCUT2D eigenvalue weighted by Crippen LogP contribution is 2.27. The molecule has 0 radical (unpaired) electrons. The Morgan fingerprint density at radius 3 is 2.54 bits per heavy atom. The van der Waals surface area contributed by atoms with E-state index in [1.54, 1.807) is 7.05 Å². The average molecular weight is 375 g/mol. The van der Waals surface area contributed by atoms with Gasteiger partial charge in [-0.05, 0) is 18.9 Å². The van der Waals surface area contributed by atoms with Crippen molar-refractivity contribution in [2.45, 2.75) is 25.4 Å². The van der Waals surface area contributed by atoms with E-state index >= 15 is 0 Å². The van der Waals surface area contributed by atoms with Gasteiger partial charge in [0.1, 0.15) is 0 Å². The van der Waals surface area contributed by atoms with Crippen molar-refractivity contribution in [3.63, 3.8) is 0 Å². The van der Waals surface area contributed by atoms with Crippen molar-refractivity contribution in [3.05, 3.63) is 34.9 Å². The molecule has 0 aliphatic carbocycles. The van der Waals surface area contributed by atoms with E-state index in [2.05, 4.69) is 4.58 Å². The lowest BCUT2D eigenvalue weighted by molar-refractivity contribution is -0.512. The SMILES string of the molecule is CN1C(=O)C2C(=NC(=[N+]3CCCC3)N2Cc2ccccc2Cl)N(C)C1=O. The summed E-state index contributed by atoms with van der Waals surface area (Å²) in [7, 11) is 3.18. The summed E-state index contributed by atoms with van der Waals surface area (Å²) >= 11 is 6.36. The molecule has 8 heteroatoms. The van der Waals surface area contributed by atoms with Gasteiger partial charge in [-0.3, -0.25) is 19.2 Å². The van der Waals surface area contributed by atoms with Gasteiger partial charge in [0, 0.05) is 24.7 Å². The molecule has 0 saturated carbocycles. The summed E-state index contributed by atoms with van der Waals surface area (Å²) in [4.78, 5) is 34.5. The molecule has 26 heavy (non-hydrogen) atoms. The van der Waals surface area contributed by atoms with Crippen molar-refractivity contribution < 1.29 is 14.2 Å². The number of hydrogen-bond acceptors (Lipinski definition) is 2. The van der Waals surface area contributed by atoms with Gasteiger partial charge in [-0.25, -0.2) is 9.69 Å².